The van der Waals surface area contributed by atoms with Crippen molar-refractivity contribution in [3.8, 4) is 17.2 Å². The van der Waals surface area contributed by atoms with Crippen LogP contribution in [0.15, 0.2) is 66.7 Å². The Kier molecular flexibility index (Phi) is 5.89. The zero-order chi connectivity index (χ0) is 21.8. The maximum Gasteiger partial charge on any atom is 0.407 e. The lowest BCUT2D eigenvalue weighted by molar-refractivity contribution is 0.137. The lowest BCUT2D eigenvalue weighted by Gasteiger charge is -2.13. The number of fused-ring (bicyclic) bond motifs is 2. The summed E-state index contributed by atoms with van der Waals surface area (Å²) in [5.41, 5.74) is 2.52. The molecule has 3 aromatic carbocycles. The van der Waals surface area contributed by atoms with Crippen LogP contribution < -0.4 is 14.8 Å². The summed E-state index contributed by atoms with van der Waals surface area (Å²) < 4.78 is 16.9. The maximum atomic E-state index is 11.7. The second-order valence-electron chi connectivity index (χ2n) is 7.46. The Labute approximate surface area is 180 Å². The summed E-state index contributed by atoms with van der Waals surface area (Å²) in [4.78, 5) is 16.4. The molecule has 0 aliphatic carbocycles. The molecule has 158 valence electrons. The van der Waals surface area contributed by atoms with Gasteiger partial charge in [-0.1, -0.05) is 24.3 Å². The Hall–Kier alpha value is -3.80. The molecule has 4 rings (SSSR count). The number of hydrogen-bond acceptors (Lipinski definition) is 5. The zero-order valence-electron chi connectivity index (χ0n) is 17.7. The molecule has 1 heterocycles. The molecule has 0 fully saturated rings. The zero-order valence-corrected chi connectivity index (χ0v) is 17.7. The summed E-state index contributed by atoms with van der Waals surface area (Å²) in [6, 6.07) is 21.2. The minimum absolute atomic E-state index is 0.0354. The quantitative estimate of drug-likeness (QED) is 0.401. The lowest BCUT2D eigenvalue weighted by Crippen LogP contribution is -2.30. The second kappa shape index (κ2) is 8.92. The Balaban J connectivity index is 1.61. The number of aromatic nitrogens is 1. The molecule has 6 heteroatoms. The Morgan fingerprint density at radius 2 is 1.65 bits per heavy atom. The van der Waals surface area contributed by atoms with Crippen molar-refractivity contribution in [3.05, 3.63) is 72.3 Å². The lowest BCUT2D eigenvalue weighted by atomic mass is 10.1. The molecule has 4 aromatic rings. The number of benzene rings is 3. The first-order valence-electron chi connectivity index (χ1n) is 10.1. The van der Waals surface area contributed by atoms with Gasteiger partial charge in [-0.3, -0.25) is 0 Å². The van der Waals surface area contributed by atoms with Crippen LogP contribution in [0.3, 0.4) is 0 Å². The fourth-order valence-electron chi connectivity index (χ4n) is 3.27. The van der Waals surface area contributed by atoms with Crippen molar-refractivity contribution in [1.29, 1.82) is 0 Å². The van der Waals surface area contributed by atoms with Gasteiger partial charge in [0.05, 0.1) is 18.1 Å². The van der Waals surface area contributed by atoms with Crippen LogP contribution in [0.4, 0.5) is 4.79 Å². The predicted octanol–water partition coefficient (Wildman–Crippen LogP) is 5.82. The van der Waals surface area contributed by atoms with Crippen molar-refractivity contribution in [2.75, 3.05) is 7.11 Å². The molecule has 0 atom stereocenters. The minimum atomic E-state index is -0.430. The smallest absolute Gasteiger partial charge is 0.407 e. The summed E-state index contributed by atoms with van der Waals surface area (Å²) in [5.74, 6) is 2.17. The van der Waals surface area contributed by atoms with Crippen LogP contribution in [-0.4, -0.2) is 24.2 Å². The predicted molar refractivity (Wildman–Crippen MR) is 121 cm³/mol. The number of alkyl carbamates (subject to hydrolysis) is 1. The topological polar surface area (TPSA) is 69.7 Å². The van der Waals surface area contributed by atoms with Gasteiger partial charge in [0.1, 0.15) is 23.9 Å². The molecule has 0 unspecified atom stereocenters. The minimum Gasteiger partial charge on any atom is -0.497 e. The van der Waals surface area contributed by atoms with Crippen molar-refractivity contribution in [1.82, 2.24) is 10.3 Å². The molecule has 31 heavy (non-hydrogen) atoms. The second-order valence-corrected chi connectivity index (χ2v) is 7.46. The number of rotatable bonds is 6. The van der Waals surface area contributed by atoms with Crippen molar-refractivity contribution in [3.63, 3.8) is 0 Å². The molecule has 0 aliphatic rings. The molecule has 0 saturated carbocycles. The van der Waals surface area contributed by atoms with Gasteiger partial charge in [-0.2, -0.15) is 0 Å². The molecular weight excluding hydrogens is 392 g/mol. The fraction of sp³-hybridized carbons (Fsp3) is 0.200. The third-order valence-electron chi connectivity index (χ3n) is 4.76. The summed E-state index contributed by atoms with van der Waals surface area (Å²) >= 11 is 0. The van der Waals surface area contributed by atoms with Crippen LogP contribution in [0, 0.1) is 0 Å². The first-order chi connectivity index (χ1) is 15.0. The van der Waals surface area contributed by atoms with Gasteiger partial charge < -0.3 is 19.5 Å². The summed E-state index contributed by atoms with van der Waals surface area (Å²) in [7, 11) is 1.64. The molecule has 0 radical (unpaired) electrons. The highest BCUT2D eigenvalue weighted by molar-refractivity contribution is 6.01. The Morgan fingerprint density at radius 1 is 0.935 bits per heavy atom. The van der Waals surface area contributed by atoms with E-state index < -0.39 is 6.09 Å². The van der Waals surface area contributed by atoms with Crippen LogP contribution in [0.5, 0.6) is 17.2 Å². The third kappa shape index (κ3) is 4.69. The average molecular weight is 416 g/mol. The van der Waals surface area contributed by atoms with Crippen LogP contribution in [-0.2, 0) is 11.3 Å². The average Bonchev–Trinajstić information content (AvgIpc) is 2.77. The molecule has 6 nitrogen and oxygen atoms in total. The molecular formula is C25H24N2O4. The van der Waals surface area contributed by atoms with Gasteiger partial charge in [0.15, 0.2) is 0 Å². The number of nitrogens with one attached hydrogen (secondary N) is 1. The first-order valence-corrected chi connectivity index (χ1v) is 10.1. The van der Waals surface area contributed by atoms with Gasteiger partial charge in [-0.05, 0) is 55.8 Å². The van der Waals surface area contributed by atoms with E-state index in [2.05, 4.69) is 5.32 Å². The van der Waals surface area contributed by atoms with Gasteiger partial charge in [-0.25, -0.2) is 9.78 Å². The number of hydrogen-bond donors (Lipinski definition) is 1. The first kappa shape index (κ1) is 20.5. The number of amides is 1. The Morgan fingerprint density at radius 3 is 2.39 bits per heavy atom. The highest BCUT2D eigenvalue weighted by atomic mass is 16.5. The molecule has 0 spiro atoms. The fourth-order valence-corrected chi connectivity index (χ4v) is 3.27. The number of para-hydroxylation sites is 1. The number of pyridine rings is 1. The largest absolute Gasteiger partial charge is 0.497 e. The van der Waals surface area contributed by atoms with Crippen LogP contribution in [0.1, 0.15) is 19.4 Å². The summed E-state index contributed by atoms with van der Waals surface area (Å²) in [6.07, 6.45) is -0.430. The maximum absolute atomic E-state index is 11.7. The van der Waals surface area contributed by atoms with E-state index in [1.807, 2.05) is 80.6 Å². The monoisotopic (exact) mass is 416 g/mol. The van der Waals surface area contributed by atoms with E-state index in [1.165, 1.54) is 0 Å². The van der Waals surface area contributed by atoms with Gasteiger partial charge >= 0.3 is 6.09 Å². The number of ether oxygens (including phenoxy) is 3. The van der Waals surface area contributed by atoms with E-state index in [0.29, 0.717) is 5.75 Å². The van der Waals surface area contributed by atoms with E-state index in [1.54, 1.807) is 7.11 Å². The van der Waals surface area contributed by atoms with Gasteiger partial charge in [0, 0.05) is 22.9 Å². The van der Waals surface area contributed by atoms with E-state index >= 15 is 0 Å². The normalized spacial score (nSPS) is 11.0. The standard InChI is InChI=1S/C25H24N2O4/c1-16(2)26-25(28)30-15-17-8-10-18(11-9-17)31-24-20-6-4-5-7-22(20)27-23-14-19(29-3)12-13-21(23)24/h4-14,16H,15H2,1-3H3,(H,26,28). The molecule has 1 aromatic heterocycles. The third-order valence-corrected chi connectivity index (χ3v) is 4.76. The number of methoxy groups -OCH3 is 1. The molecule has 0 saturated heterocycles. The van der Waals surface area contributed by atoms with Crippen LogP contribution in [0.25, 0.3) is 21.8 Å². The highest BCUT2D eigenvalue weighted by Crippen LogP contribution is 2.37. The van der Waals surface area contributed by atoms with E-state index in [0.717, 1.165) is 38.9 Å². The molecule has 1 amide bonds. The van der Waals surface area contributed by atoms with E-state index in [-0.39, 0.29) is 12.6 Å². The van der Waals surface area contributed by atoms with E-state index in [9.17, 15) is 4.79 Å². The van der Waals surface area contributed by atoms with Crippen molar-refractivity contribution in [2.45, 2.75) is 26.5 Å². The number of carbonyl (C=O) groups is 1. The van der Waals surface area contributed by atoms with Gasteiger partial charge in [0.25, 0.3) is 0 Å². The van der Waals surface area contributed by atoms with Crippen LogP contribution >= 0.6 is 0 Å². The number of nitrogens with zero attached hydrogens (tertiary/aromatic N) is 1. The molecule has 0 aliphatic heterocycles. The van der Waals surface area contributed by atoms with Crippen molar-refractivity contribution >= 4 is 27.9 Å². The molecule has 1 N–H and O–H groups in total. The Bertz CT molecular complexity index is 1220. The van der Waals surface area contributed by atoms with E-state index in [4.69, 9.17) is 19.2 Å². The number of carbonyl (C=O) groups excluding carboxylic acids is 1. The van der Waals surface area contributed by atoms with Crippen molar-refractivity contribution < 1.29 is 19.0 Å². The molecule has 0 bridgehead atoms. The summed E-state index contributed by atoms with van der Waals surface area (Å²) in [5, 5.41) is 4.53. The van der Waals surface area contributed by atoms with Gasteiger partial charge in [-0.15, -0.1) is 0 Å². The SMILES string of the molecule is COc1ccc2c(Oc3ccc(COC(=O)NC(C)C)cc3)c3ccccc3nc2c1. The summed E-state index contributed by atoms with van der Waals surface area (Å²) in [6.45, 7) is 3.96. The van der Waals surface area contributed by atoms with Crippen LogP contribution in [0.2, 0.25) is 0 Å². The van der Waals surface area contributed by atoms with Crippen molar-refractivity contribution in [2.24, 2.45) is 0 Å². The van der Waals surface area contributed by atoms with Gasteiger partial charge in [0.2, 0.25) is 0 Å². The highest BCUT2D eigenvalue weighted by Gasteiger charge is 2.12.